The lowest BCUT2D eigenvalue weighted by molar-refractivity contribution is 0.327. The van der Waals surface area contributed by atoms with Crippen LogP contribution in [0.4, 0.5) is 0 Å². The summed E-state index contributed by atoms with van der Waals surface area (Å²) in [6.45, 7) is 0. The van der Waals surface area contributed by atoms with Crippen LogP contribution in [0.2, 0.25) is 0 Å². The smallest absolute Gasteiger partial charge is 0.131 e. The summed E-state index contributed by atoms with van der Waals surface area (Å²) in [7, 11) is -7.37. The Kier molecular flexibility index (Phi) is 5.82. The molecule has 10 heteroatoms. The summed E-state index contributed by atoms with van der Waals surface area (Å²) in [5.74, 6) is 0. The molecule has 62 valence electrons. The quantitative estimate of drug-likeness (QED) is 0.704. The Morgan fingerprint density at radius 3 is 2.00 bits per heavy atom. The molecular weight excluding hydrogens is 217 g/mol. The van der Waals surface area contributed by atoms with Crippen molar-refractivity contribution in [1.29, 1.82) is 0 Å². The van der Waals surface area contributed by atoms with Crippen molar-refractivity contribution in [2.75, 3.05) is 7.11 Å². The maximum absolute atomic E-state index is 10.3. The van der Waals surface area contributed by atoms with Crippen molar-refractivity contribution >= 4 is 24.8 Å². The van der Waals surface area contributed by atoms with Crippen LogP contribution in [0.15, 0.2) is 0 Å². The molecule has 0 aromatic rings. The molecule has 3 unspecified atom stereocenters. The fourth-order valence-electron chi connectivity index (χ4n) is 0.160. The number of rotatable bonds is 5. The van der Waals surface area contributed by atoms with Crippen LogP contribution in [0.25, 0.3) is 0 Å². The lowest BCUT2D eigenvalue weighted by Gasteiger charge is -1.63. The molecule has 0 aliphatic carbocycles. The van der Waals surface area contributed by atoms with Crippen LogP contribution >= 0.6 is 24.8 Å². The van der Waals surface area contributed by atoms with E-state index in [-0.39, 0.29) is 0 Å². The molecule has 0 amide bonds. The monoisotopic (exact) mass is 221 g/mol. The van der Waals surface area contributed by atoms with Crippen LogP contribution in [0.5, 0.6) is 0 Å². The summed E-state index contributed by atoms with van der Waals surface area (Å²) in [5, 5.41) is 0. The highest BCUT2D eigenvalue weighted by Gasteiger charge is 2.47. The van der Waals surface area contributed by atoms with E-state index in [0.29, 0.717) is 0 Å². The molecule has 0 spiro atoms. The zero-order chi connectivity index (χ0) is 8.85. The first-order chi connectivity index (χ1) is 5.06. The minimum atomic E-state index is -3.02. The van der Waals surface area contributed by atoms with Gasteiger partial charge in [0.05, 0.1) is 7.11 Å². The minimum absolute atomic E-state index is 1.06. The molecular formula is CH4O7P3+3. The van der Waals surface area contributed by atoms with Crippen molar-refractivity contribution in [2.45, 2.75) is 0 Å². The van der Waals surface area contributed by atoms with E-state index in [9.17, 15) is 13.7 Å². The van der Waals surface area contributed by atoms with E-state index in [4.69, 9.17) is 4.89 Å². The maximum atomic E-state index is 10.3. The Bertz CT molecular complexity index is 186. The first kappa shape index (κ1) is 11.1. The minimum Gasteiger partial charge on any atom is -0.131 e. The summed E-state index contributed by atoms with van der Waals surface area (Å²) in [4.78, 5) is 8.00. The Morgan fingerprint density at radius 2 is 1.64 bits per heavy atom. The Labute approximate surface area is 64.5 Å². The normalized spacial score (nSPS) is 14.2. The first-order valence-electron chi connectivity index (χ1n) is 2.07. The number of hydrogen-bond acceptors (Lipinski definition) is 6. The van der Waals surface area contributed by atoms with Crippen molar-refractivity contribution in [3.63, 3.8) is 0 Å². The molecule has 0 aliphatic heterocycles. The third-order valence-corrected chi connectivity index (χ3v) is 2.88. The predicted octanol–water partition coefficient (Wildman–Crippen LogP) is 1.63. The van der Waals surface area contributed by atoms with Crippen LogP contribution in [0.1, 0.15) is 0 Å². The van der Waals surface area contributed by atoms with Crippen molar-refractivity contribution < 1.29 is 31.7 Å². The standard InChI is InChI=1S/CH3O7P3/c1-6-10(4)8-11(5)7-9(2)3/h1H3/q+2/p+1. The fraction of sp³-hybridized carbons (Fsp3) is 1.00. The van der Waals surface area contributed by atoms with Crippen molar-refractivity contribution in [3.05, 3.63) is 0 Å². The fourth-order valence-corrected chi connectivity index (χ4v) is 1.71. The highest BCUT2D eigenvalue weighted by atomic mass is 31.2. The Balaban J connectivity index is 3.70. The van der Waals surface area contributed by atoms with Crippen LogP contribution in [-0.4, -0.2) is 12.0 Å². The molecule has 0 rings (SSSR count). The summed E-state index contributed by atoms with van der Waals surface area (Å²) in [6.07, 6.45) is 0. The molecule has 0 aromatic heterocycles. The molecule has 11 heavy (non-hydrogen) atoms. The SMILES string of the molecule is CO[P+](=O)O[P+](=O)O[P+](=O)O. The van der Waals surface area contributed by atoms with Gasteiger partial charge in [-0.1, -0.05) is 0 Å². The number of hydrogen-bond donors (Lipinski definition) is 1. The summed E-state index contributed by atoms with van der Waals surface area (Å²) < 4.78 is 42.1. The third kappa shape index (κ3) is 6.53. The molecule has 7 nitrogen and oxygen atoms in total. The largest absolute Gasteiger partial charge is 0.798 e. The van der Waals surface area contributed by atoms with Gasteiger partial charge in [0.2, 0.25) is 0 Å². The topological polar surface area (TPSA) is 99.1 Å². The van der Waals surface area contributed by atoms with E-state index in [1.165, 1.54) is 0 Å². The highest BCUT2D eigenvalue weighted by molar-refractivity contribution is 7.53. The van der Waals surface area contributed by atoms with E-state index in [2.05, 4.69) is 13.1 Å². The highest BCUT2D eigenvalue weighted by Crippen LogP contribution is 2.44. The van der Waals surface area contributed by atoms with E-state index in [1.807, 2.05) is 0 Å². The van der Waals surface area contributed by atoms with Gasteiger partial charge in [0.1, 0.15) is 0 Å². The van der Waals surface area contributed by atoms with Gasteiger partial charge in [0.15, 0.2) is 8.62 Å². The van der Waals surface area contributed by atoms with Gasteiger partial charge in [-0.05, 0) is 0 Å². The Morgan fingerprint density at radius 1 is 1.09 bits per heavy atom. The van der Waals surface area contributed by atoms with Crippen LogP contribution < -0.4 is 0 Å². The zero-order valence-electron chi connectivity index (χ0n) is 5.24. The van der Waals surface area contributed by atoms with Gasteiger partial charge in [-0.15, -0.1) is 9.42 Å². The van der Waals surface area contributed by atoms with Crippen LogP contribution in [0, 0.1) is 0 Å². The van der Waals surface area contributed by atoms with Crippen molar-refractivity contribution in [3.8, 4) is 0 Å². The van der Waals surface area contributed by atoms with E-state index in [1.54, 1.807) is 0 Å². The van der Waals surface area contributed by atoms with Crippen LogP contribution in [0.3, 0.4) is 0 Å². The van der Waals surface area contributed by atoms with Gasteiger partial charge in [0, 0.05) is 13.7 Å². The Hall–Kier alpha value is 0.140. The van der Waals surface area contributed by atoms with Crippen molar-refractivity contribution in [2.24, 2.45) is 0 Å². The molecule has 0 heterocycles. The average Bonchev–Trinajstić information content (AvgIpc) is 1.85. The maximum Gasteiger partial charge on any atom is 0.798 e. The lowest BCUT2D eigenvalue weighted by Crippen LogP contribution is -1.70. The summed E-state index contributed by atoms with van der Waals surface area (Å²) in [5.41, 5.74) is 0. The molecule has 0 fully saturated rings. The molecule has 1 N–H and O–H groups in total. The van der Waals surface area contributed by atoms with Gasteiger partial charge in [0.25, 0.3) is 0 Å². The second-order valence-corrected chi connectivity index (χ2v) is 4.07. The van der Waals surface area contributed by atoms with Gasteiger partial charge in [-0.3, -0.25) is 0 Å². The summed E-state index contributed by atoms with van der Waals surface area (Å²) in [6, 6.07) is 0. The van der Waals surface area contributed by atoms with E-state index < -0.39 is 24.8 Å². The molecule has 0 aromatic carbocycles. The second kappa shape index (κ2) is 5.75. The third-order valence-electron chi connectivity index (χ3n) is 0.419. The van der Waals surface area contributed by atoms with Crippen molar-refractivity contribution in [1.82, 2.24) is 0 Å². The van der Waals surface area contributed by atoms with E-state index >= 15 is 0 Å². The van der Waals surface area contributed by atoms with E-state index in [0.717, 1.165) is 7.11 Å². The average molecular weight is 221 g/mol. The summed E-state index contributed by atoms with van der Waals surface area (Å²) >= 11 is 0. The molecule has 0 radical (unpaired) electrons. The molecule has 0 aliphatic rings. The van der Waals surface area contributed by atoms with Gasteiger partial charge >= 0.3 is 24.8 Å². The molecule has 0 saturated heterocycles. The predicted molar refractivity (Wildman–Crippen MR) is 34.2 cm³/mol. The van der Waals surface area contributed by atoms with Gasteiger partial charge in [-0.2, -0.15) is 0 Å². The van der Waals surface area contributed by atoms with Crippen LogP contribution in [-0.2, 0) is 26.8 Å². The lowest BCUT2D eigenvalue weighted by atomic mass is 11.8. The molecule has 0 bridgehead atoms. The van der Waals surface area contributed by atoms with Gasteiger partial charge in [-0.25, -0.2) is 0 Å². The molecule has 3 atom stereocenters. The first-order valence-corrected chi connectivity index (χ1v) is 5.39. The second-order valence-electron chi connectivity index (χ2n) is 1.03. The zero-order valence-corrected chi connectivity index (χ0v) is 7.92. The molecule has 0 saturated carbocycles. The van der Waals surface area contributed by atoms with Gasteiger partial charge < -0.3 is 0 Å².